The fraction of sp³-hybridized carbons (Fsp3) is 0.720. The lowest BCUT2D eigenvalue weighted by Gasteiger charge is -2.26. The molecule has 4 nitrogen and oxygen atoms in total. The van der Waals surface area contributed by atoms with Gasteiger partial charge in [-0.2, -0.15) is 0 Å². The van der Waals surface area contributed by atoms with Crippen molar-refractivity contribution in [2.24, 2.45) is 0 Å². The molecule has 0 aliphatic heterocycles. The number of carbonyl (C=O) groups excluding carboxylic acids is 1. The van der Waals surface area contributed by atoms with Gasteiger partial charge in [-0.15, -0.1) is 0 Å². The van der Waals surface area contributed by atoms with Crippen molar-refractivity contribution in [1.29, 1.82) is 0 Å². The highest BCUT2D eigenvalue weighted by Crippen LogP contribution is 2.36. The van der Waals surface area contributed by atoms with Crippen LogP contribution < -0.4 is 0 Å². The van der Waals surface area contributed by atoms with Crippen LogP contribution in [-0.2, 0) is 14.9 Å². The van der Waals surface area contributed by atoms with Gasteiger partial charge in [0.1, 0.15) is 11.5 Å². The molecule has 4 heteroatoms. The average molecular weight is 407 g/mol. The van der Waals surface area contributed by atoms with Crippen LogP contribution in [0.4, 0.5) is 0 Å². The monoisotopic (exact) mass is 406 g/mol. The normalized spacial score (nSPS) is 11.6. The summed E-state index contributed by atoms with van der Waals surface area (Å²) in [5, 5.41) is 19.7. The molecule has 1 aromatic rings. The van der Waals surface area contributed by atoms with E-state index in [-0.39, 0.29) is 22.9 Å². The Balaban J connectivity index is 2.07. The molecular formula is C25H42O4. The third-order valence-electron chi connectivity index (χ3n) is 5.65. The van der Waals surface area contributed by atoms with E-state index in [1.807, 2.05) is 13.8 Å². The molecule has 166 valence electrons. The third-order valence-corrected chi connectivity index (χ3v) is 5.65. The van der Waals surface area contributed by atoms with E-state index in [9.17, 15) is 15.0 Å². The van der Waals surface area contributed by atoms with E-state index in [2.05, 4.69) is 6.92 Å². The van der Waals surface area contributed by atoms with Crippen LogP contribution in [0.2, 0.25) is 0 Å². The molecule has 0 aliphatic carbocycles. The molecule has 2 N–H and O–H groups in total. The first kappa shape index (κ1) is 25.3. The number of carbonyl (C=O) groups is 1. The van der Waals surface area contributed by atoms with Crippen LogP contribution in [0.3, 0.4) is 0 Å². The molecule has 0 amide bonds. The fourth-order valence-corrected chi connectivity index (χ4v) is 3.72. The number of hydrogen-bond acceptors (Lipinski definition) is 4. The Bertz CT molecular complexity index is 580. The Morgan fingerprint density at radius 2 is 1.48 bits per heavy atom. The van der Waals surface area contributed by atoms with Crippen molar-refractivity contribution >= 4 is 5.97 Å². The third kappa shape index (κ3) is 11.2. The zero-order valence-corrected chi connectivity index (χ0v) is 18.8. The maximum atomic E-state index is 11.9. The second-order valence-electron chi connectivity index (χ2n) is 8.84. The maximum Gasteiger partial charge on any atom is 0.305 e. The molecule has 0 saturated heterocycles. The van der Waals surface area contributed by atoms with Gasteiger partial charge >= 0.3 is 5.97 Å². The van der Waals surface area contributed by atoms with Crippen LogP contribution in [-0.4, -0.2) is 22.8 Å². The lowest BCUT2D eigenvalue weighted by molar-refractivity contribution is -0.143. The molecule has 0 spiro atoms. The van der Waals surface area contributed by atoms with Gasteiger partial charge in [0.05, 0.1) is 6.61 Å². The molecule has 0 aliphatic rings. The van der Waals surface area contributed by atoms with Gasteiger partial charge in [0, 0.05) is 12.0 Å². The number of hydrogen-bond donors (Lipinski definition) is 2. The number of esters is 1. The van der Waals surface area contributed by atoms with Crippen molar-refractivity contribution in [3.63, 3.8) is 0 Å². The van der Waals surface area contributed by atoms with Crippen molar-refractivity contribution in [3.8, 4) is 11.5 Å². The minimum atomic E-state index is -0.320. The van der Waals surface area contributed by atoms with Gasteiger partial charge in [0.2, 0.25) is 0 Å². The molecule has 0 atom stereocenters. The van der Waals surface area contributed by atoms with Gasteiger partial charge in [0.25, 0.3) is 0 Å². The van der Waals surface area contributed by atoms with Crippen LogP contribution in [0.5, 0.6) is 11.5 Å². The topological polar surface area (TPSA) is 66.8 Å². The Labute approximate surface area is 177 Å². The lowest BCUT2D eigenvalue weighted by Crippen LogP contribution is -2.18. The number of phenols is 2. The van der Waals surface area contributed by atoms with Crippen molar-refractivity contribution in [3.05, 3.63) is 23.8 Å². The summed E-state index contributed by atoms with van der Waals surface area (Å²) in [6.07, 6.45) is 14.5. The molecule has 1 rings (SSSR count). The van der Waals surface area contributed by atoms with E-state index >= 15 is 0 Å². The number of phenolic OH excluding ortho intramolecular Hbond substituents is 2. The number of ether oxygens (including phenoxy) is 1. The molecule has 29 heavy (non-hydrogen) atoms. The summed E-state index contributed by atoms with van der Waals surface area (Å²) in [6.45, 7) is 6.79. The van der Waals surface area contributed by atoms with Gasteiger partial charge in [-0.3, -0.25) is 4.79 Å². The van der Waals surface area contributed by atoms with E-state index in [1.54, 1.807) is 6.07 Å². The number of aromatic hydroxyl groups is 2. The van der Waals surface area contributed by atoms with Crippen LogP contribution >= 0.6 is 0 Å². The summed E-state index contributed by atoms with van der Waals surface area (Å²) in [5.74, 6) is 0.176. The molecular weight excluding hydrogens is 364 g/mol. The van der Waals surface area contributed by atoms with E-state index in [0.717, 1.165) is 19.3 Å². The first-order chi connectivity index (χ1) is 13.9. The van der Waals surface area contributed by atoms with Crippen LogP contribution in [0.15, 0.2) is 18.2 Å². The van der Waals surface area contributed by atoms with Crippen LogP contribution in [0.25, 0.3) is 0 Å². The van der Waals surface area contributed by atoms with E-state index < -0.39 is 0 Å². The SMILES string of the molecule is CCCCCCCCCCCCOC(=O)CCCC(C)(C)c1cc(O)ccc1O. The standard InChI is InChI=1S/C25H42O4/c1-4-5-6-7-8-9-10-11-12-13-19-29-24(28)15-14-18-25(2,3)22-20-21(26)16-17-23(22)27/h16-17,20,26-27H,4-15,18-19H2,1-3H3. The molecule has 0 radical (unpaired) electrons. The Morgan fingerprint density at radius 1 is 0.897 bits per heavy atom. The summed E-state index contributed by atoms with van der Waals surface area (Å²) in [6, 6.07) is 4.58. The molecule has 0 saturated carbocycles. The van der Waals surface area contributed by atoms with E-state index in [1.165, 1.54) is 63.5 Å². The average Bonchev–Trinajstić information content (AvgIpc) is 2.67. The molecule has 0 aromatic heterocycles. The minimum Gasteiger partial charge on any atom is -0.508 e. The maximum absolute atomic E-state index is 11.9. The quantitative estimate of drug-likeness (QED) is 0.176. The first-order valence-electron chi connectivity index (χ1n) is 11.5. The number of benzene rings is 1. The first-order valence-corrected chi connectivity index (χ1v) is 11.5. The summed E-state index contributed by atoms with van der Waals surface area (Å²) < 4.78 is 5.35. The Morgan fingerprint density at radius 3 is 2.10 bits per heavy atom. The highest BCUT2D eigenvalue weighted by atomic mass is 16.5. The predicted molar refractivity (Wildman–Crippen MR) is 119 cm³/mol. The summed E-state index contributed by atoms with van der Waals surface area (Å²) in [5.41, 5.74) is 0.385. The predicted octanol–water partition coefficient (Wildman–Crippen LogP) is 7.01. The second-order valence-corrected chi connectivity index (χ2v) is 8.84. The molecule has 0 heterocycles. The molecule has 1 aromatic carbocycles. The fourth-order valence-electron chi connectivity index (χ4n) is 3.72. The smallest absolute Gasteiger partial charge is 0.305 e. The Hall–Kier alpha value is -1.71. The van der Waals surface area contributed by atoms with Gasteiger partial charge in [0.15, 0.2) is 0 Å². The van der Waals surface area contributed by atoms with Crippen molar-refractivity contribution in [1.82, 2.24) is 0 Å². The van der Waals surface area contributed by atoms with Crippen LogP contribution in [0.1, 0.15) is 110 Å². The largest absolute Gasteiger partial charge is 0.508 e. The molecule has 0 unspecified atom stereocenters. The highest BCUT2D eigenvalue weighted by molar-refractivity contribution is 5.69. The van der Waals surface area contributed by atoms with Crippen molar-refractivity contribution in [2.75, 3.05) is 6.61 Å². The van der Waals surface area contributed by atoms with Crippen molar-refractivity contribution in [2.45, 2.75) is 110 Å². The molecule has 0 bridgehead atoms. The minimum absolute atomic E-state index is 0.141. The van der Waals surface area contributed by atoms with E-state index in [4.69, 9.17) is 4.74 Å². The number of unbranched alkanes of at least 4 members (excludes halogenated alkanes) is 9. The summed E-state index contributed by atoms with van der Waals surface area (Å²) in [4.78, 5) is 11.9. The van der Waals surface area contributed by atoms with Crippen molar-refractivity contribution < 1.29 is 19.7 Å². The Kier molecular flexibility index (Phi) is 12.5. The van der Waals surface area contributed by atoms with Gasteiger partial charge in [-0.05, 0) is 42.9 Å². The van der Waals surface area contributed by atoms with Crippen LogP contribution in [0, 0.1) is 0 Å². The van der Waals surface area contributed by atoms with Gasteiger partial charge in [-0.25, -0.2) is 0 Å². The zero-order chi connectivity index (χ0) is 21.5. The number of rotatable bonds is 16. The molecule has 0 fully saturated rings. The van der Waals surface area contributed by atoms with E-state index in [0.29, 0.717) is 25.0 Å². The van der Waals surface area contributed by atoms with Gasteiger partial charge < -0.3 is 14.9 Å². The highest BCUT2D eigenvalue weighted by Gasteiger charge is 2.24. The lowest BCUT2D eigenvalue weighted by atomic mass is 9.79. The summed E-state index contributed by atoms with van der Waals surface area (Å²) in [7, 11) is 0. The zero-order valence-electron chi connectivity index (χ0n) is 18.8. The van der Waals surface area contributed by atoms with Gasteiger partial charge in [-0.1, -0.05) is 78.6 Å². The summed E-state index contributed by atoms with van der Waals surface area (Å²) >= 11 is 0. The second kappa shape index (κ2) is 14.3.